The van der Waals surface area contributed by atoms with E-state index in [0.29, 0.717) is 17.6 Å². The van der Waals surface area contributed by atoms with Crippen LogP contribution >= 0.6 is 0 Å². The Morgan fingerprint density at radius 1 is 1.29 bits per heavy atom. The van der Waals surface area contributed by atoms with Crippen LogP contribution in [0.5, 0.6) is 0 Å². The van der Waals surface area contributed by atoms with E-state index in [0.717, 1.165) is 49.0 Å². The lowest BCUT2D eigenvalue weighted by atomic mass is 9.84. The first-order valence-corrected chi connectivity index (χ1v) is 13.3. The van der Waals surface area contributed by atoms with Crippen LogP contribution in [0.25, 0.3) is 10.9 Å². The van der Waals surface area contributed by atoms with E-state index in [1.807, 2.05) is 24.4 Å². The Kier molecular flexibility index (Phi) is 5.38. The van der Waals surface area contributed by atoms with Crippen molar-refractivity contribution >= 4 is 26.9 Å². The van der Waals surface area contributed by atoms with E-state index in [1.165, 1.54) is 0 Å². The van der Waals surface area contributed by atoms with E-state index in [-0.39, 0.29) is 28.6 Å². The molecule has 5 rings (SSSR count). The van der Waals surface area contributed by atoms with Gasteiger partial charge in [0, 0.05) is 61.6 Å². The van der Waals surface area contributed by atoms with Gasteiger partial charge in [-0.2, -0.15) is 0 Å². The van der Waals surface area contributed by atoms with Gasteiger partial charge in [-0.1, -0.05) is 0 Å². The van der Waals surface area contributed by atoms with Crippen LogP contribution in [0.1, 0.15) is 44.1 Å². The number of nitrogens with zero attached hydrogens (tertiary/aromatic N) is 2. The fourth-order valence-corrected chi connectivity index (χ4v) is 6.37. The molecule has 2 atom stereocenters. The van der Waals surface area contributed by atoms with Crippen molar-refractivity contribution in [2.45, 2.75) is 38.5 Å². The van der Waals surface area contributed by atoms with Crippen LogP contribution in [-0.2, 0) is 21.9 Å². The van der Waals surface area contributed by atoms with E-state index >= 15 is 0 Å². The number of piperidine rings is 1. The number of aromatic amines is 1. The normalized spacial score (nSPS) is 24.1. The molecule has 2 fully saturated rings. The number of aromatic nitrogens is 2. The molecule has 1 saturated heterocycles. The Bertz CT molecular complexity index is 1380. The molecule has 34 heavy (non-hydrogen) atoms. The van der Waals surface area contributed by atoms with E-state index in [9.17, 15) is 23.1 Å². The third-order valence-electron chi connectivity index (χ3n) is 7.82. The molecular weight excluding hydrogens is 456 g/mol. The zero-order valence-corrected chi connectivity index (χ0v) is 20.2. The Hall–Kier alpha value is -3.01. The molecule has 9 nitrogen and oxygen atoms in total. The lowest BCUT2D eigenvalue weighted by molar-refractivity contribution is -0.139. The summed E-state index contributed by atoms with van der Waals surface area (Å²) in [6, 6.07) is 1.89. The predicted octanol–water partition coefficient (Wildman–Crippen LogP) is 2.25. The van der Waals surface area contributed by atoms with Gasteiger partial charge in [0.1, 0.15) is 5.52 Å². The molecule has 1 spiro atoms. The molecule has 10 heteroatoms. The SMILES string of the molecule is CCS(=O)(=O)NC1=CC=C(N2CCC3(CC2)CC3C(=O)O)C(c2cn(C)c(=O)c3[nH]ccc23)C1. The van der Waals surface area contributed by atoms with Crippen molar-refractivity contribution in [2.75, 3.05) is 18.8 Å². The van der Waals surface area contributed by atoms with Crippen molar-refractivity contribution in [3.8, 4) is 0 Å². The summed E-state index contributed by atoms with van der Waals surface area (Å²) in [5.41, 5.74) is 3.00. The number of sulfonamides is 1. The summed E-state index contributed by atoms with van der Waals surface area (Å²) in [5.74, 6) is -1.08. The molecule has 0 radical (unpaired) electrons. The first-order chi connectivity index (χ1) is 16.1. The van der Waals surface area contributed by atoms with Crippen molar-refractivity contribution in [1.82, 2.24) is 19.2 Å². The standard InChI is InChI=1S/C24H30N4O5S/c1-3-34(32,33)26-15-4-5-20(28-10-7-24(8-11-28)13-19(24)23(30)31)17(12-15)18-14-27(2)22(29)21-16(18)6-9-25-21/h4-6,9,14,17,19,25-26H,3,7-8,10-13H2,1-2H3,(H,30,31). The Balaban J connectivity index is 1.50. The molecule has 1 aliphatic heterocycles. The highest BCUT2D eigenvalue weighted by molar-refractivity contribution is 7.89. The zero-order chi connectivity index (χ0) is 24.3. The molecule has 3 heterocycles. The number of carbonyl (C=O) groups is 1. The number of H-pyrrole nitrogens is 1. The number of hydrogen-bond donors (Lipinski definition) is 3. The van der Waals surface area contributed by atoms with Crippen LogP contribution in [-0.4, -0.2) is 52.8 Å². The zero-order valence-electron chi connectivity index (χ0n) is 19.4. The topological polar surface area (TPSA) is 124 Å². The van der Waals surface area contributed by atoms with Crippen LogP contribution in [0, 0.1) is 11.3 Å². The van der Waals surface area contributed by atoms with Gasteiger partial charge in [-0.25, -0.2) is 8.42 Å². The van der Waals surface area contributed by atoms with Gasteiger partial charge < -0.3 is 19.6 Å². The molecule has 0 aromatic carbocycles. The minimum atomic E-state index is -3.41. The molecule has 0 bridgehead atoms. The van der Waals surface area contributed by atoms with Gasteiger partial charge >= 0.3 is 5.97 Å². The lowest BCUT2D eigenvalue weighted by Gasteiger charge is -2.40. The fraction of sp³-hybridized carbons (Fsp3) is 0.500. The van der Waals surface area contributed by atoms with Gasteiger partial charge in [-0.05, 0) is 55.4 Å². The molecule has 1 saturated carbocycles. The second-order valence-electron chi connectivity index (χ2n) is 9.76. The van der Waals surface area contributed by atoms with Gasteiger partial charge in [0.25, 0.3) is 5.56 Å². The van der Waals surface area contributed by atoms with Crippen LogP contribution in [0.3, 0.4) is 0 Å². The van der Waals surface area contributed by atoms with Crippen LogP contribution in [0.4, 0.5) is 0 Å². The Morgan fingerprint density at radius 3 is 2.68 bits per heavy atom. The summed E-state index contributed by atoms with van der Waals surface area (Å²) in [7, 11) is -1.69. The van der Waals surface area contributed by atoms with Gasteiger partial charge in [-0.3, -0.25) is 14.3 Å². The molecule has 2 unspecified atom stereocenters. The maximum absolute atomic E-state index is 12.6. The summed E-state index contributed by atoms with van der Waals surface area (Å²) in [4.78, 5) is 29.4. The maximum Gasteiger partial charge on any atom is 0.307 e. The van der Waals surface area contributed by atoms with Gasteiger partial charge in [0.15, 0.2) is 0 Å². The summed E-state index contributed by atoms with van der Waals surface area (Å²) in [5, 5.41) is 10.3. The van der Waals surface area contributed by atoms with Gasteiger partial charge in [0.2, 0.25) is 10.0 Å². The maximum atomic E-state index is 12.6. The molecule has 0 amide bonds. The Morgan fingerprint density at radius 2 is 2.03 bits per heavy atom. The quantitative estimate of drug-likeness (QED) is 0.575. The second kappa shape index (κ2) is 8.04. The van der Waals surface area contributed by atoms with Crippen LogP contribution < -0.4 is 10.3 Å². The number of nitrogens with one attached hydrogen (secondary N) is 2. The number of likely N-dealkylation sites (tertiary alicyclic amines) is 1. The molecule has 2 aliphatic carbocycles. The number of aryl methyl sites for hydroxylation is 1. The Labute approximate surface area is 198 Å². The lowest BCUT2D eigenvalue weighted by Crippen LogP contribution is -2.38. The number of fused-ring (bicyclic) bond motifs is 1. The molecule has 182 valence electrons. The third-order valence-corrected chi connectivity index (χ3v) is 9.15. The predicted molar refractivity (Wildman–Crippen MR) is 129 cm³/mol. The highest BCUT2D eigenvalue weighted by Gasteiger charge is 2.59. The number of allylic oxidation sites excluding steroid dienone is 4. The van der Waals surface area contributed by atoms with Gasteiger partial charge in [-0.15, -0.1) is 0 Å². The van der Waals surface area contributed by atoms with Crippen molar-refractivity contribution < 1.29 is 18.3 Å². The molecule has 3 N–H and O–H groups in total. The summed E-state index contributed by atoms with van der Waals surface area (Å²) in [6.07, 6.45) is 10.3. The smallest absolute Gasteiger partial charge is 0.307 e. The first kappa shape index (κ1) is 22.8. The van der Waals surface area contributed by atoms with Crippen molar-refractivity contribution in [2.24, 2.45) is 18.4 Å². The molecule has 3 aliphatic rings. The van der Waals surface area contributed by atoms with Crippen molar-refractivity contribution in [1.29, 1.82) is 0 Å². The largest absolute Gasteiger partial charge is 0.481 e. The highest BCUT2D eigenvalue weighted by atomic mass is 32.2. The number of hydrogen-bond acceptors (Lipinski definition) is 5. The highest BCUT2D eigenvalue weighted by Crippen LogP contribution is 2.60. The van der Waals surface area contributed by atoms with Crippen LogP contribution in [0.15, 0.2) is 46.8 Å². The third kappa shape index (κ3) is 3.83. The van der Waals surface area contributed by atoms with E-state index in [1.54, 1.807) is 24.7 Å². The average Bonchev–Trinajstić information content (AvgIpc) is 3.28. The number of carboxylic acids is 1. The number of carboxylic acid groups (broad SMARTS) is 1. The fourth-order valence-electron chi connectivity index (χ4n) is 5.67. The first-order valence-electron chi connectivity index (χ1n) is 11.7. The molecule has 2 aromatic rings. The molecule has 2 aromatic heterocycles. The second-order valence-corrected chi connectivity index (χ2v) is 11.8. The minimum absolute atomic E-state index is 0.00752. The monoisotopic (exact) mass is 486 g/mol. The van der Waals surface area contributed by atoms with E-state index in [2.05, 4.69) is 14.6 Å². The number of rotatable bonds is 6. The van der Waals surface area contributed by atoms with Crippen molar-refractivity contribution in [3.05, 3.63) is 57.9 Å². The van der Waals surface area contributed by atoms with Gasteiger partial charge in [0.05, 0.1) is 11.7 Å². The summed E-state index contributed by atoms with van der Waals surface area (Å²) < 4.78 is 28.8. The van der Waals surface area contributed by atoms with Crippen LogP contribution in [0.2, 0.25) is 0 Å². The van der Waals surface area contributed by atoms with E-state index < -0.39 is 16.0 Å². The number of aliphatic carboxylic acids is 1. The van der Waals surface area contributed by atoms with Crippen molar-refractivity contribution in [3.63, 3.8) is 0 Å². The molecular formula is C24H30N4O5S. The average molecular weight is 487 g/mol. The summed E-state index contributed by atoms with van der Waals surface area (Å²) in [6.45, 7) is 3.13. The van der Waals surface area contributed by atoms with E-state index in [4.69, 9.17) is 0 Å². The number of pyridine rings is 1. The summed E-state index contributed by atoms with van der Waals surface area (Å²) >= 11 is 0. The minimum Gasteiger partial charge on any atom is -0.481 e.